The number of nitrogens with one attached hydrogen (secondary N) is 1. The van der Waals surface area contributed by atoms with E-state index >= 15 is 0 Å². The normalized spacial score (nSPS) is 11.5. The summed E-state index contributed by atoms with van der Waals surface area (Å²) in [7, 11) is 0. The van der Waals surface area contributed by atoms with Gasteiger partial charge in [-0.25, -0.2) is 4.39 Å². The molecule has 1 aromatic carbocycles. The molecule has 106 valence electrons. The van der Waals surface area contributed by atoms with E-state index in [0.29, 0.717) is 18.5 Å². The number of carbonyl (C=O) groups is 1. The quantitative estimate of drug-likeness (QED) is 0.711. The second-order valence-electron chi connectivity index (χ2n) is 5.58. The fourth-order valence-electron chi connectivity index (χ4n) is 1.86. The Morgan fingerprint density at radius 3 is 2.63 bits per heavy atom. The monoisotopic (exact) mass is 267 g/mol. The van der Waals surface area contributed by atoms with Crippen LogP contribution in [0.3, 0.4) is 0 Å². The van der Waals surface area contributed by atoms with Crippen molar-refractivity contribution in [1.82, 2.24) is 5.32 Å². The summed E-state index contributed by atoms with van der Waals surface area (Å²) in [6.45, 7) is 5.37. The van der Waals surface area contributed by atoms with Gasteiger partial charge in [-0.1, -0.05) is 32.0 Å². The van der Waals surface area contributed by atoms with Crippen LogP contribution < -0.4 is 5.32 Å². The summed E-state index contributed by atoms with van der Waals surface area (Å²) in [4.78, 5) is 10.5. The molecule has 0 atom stereocenters. The number of hydrogen-bond donors (Lipinski definition) is 2. The van der Waals surface area contributed by atoms with Crippen molar-refractivity contribution in [2.45, 2.75) is 39.7 Å². The highest BCUT2D eigenvalue weighted by molar-refractivity contribution is 5.66. The molecule has 0 heterocycles. The minimum atomic E-state index is -0.757. The van der Waals surface area contributed by atoms with Gasteiger partial charge in [0.15, 0.2) is 0 Å². The SMILES string of the molecule is CC(C)(CCNCc1ccccc1F)CCC(=O)O. The van der Waals surface area contributed by atoms with Gasteiger partial charge in [-0.2, -0.15) is 0 Å². The molecule has 0 amide bonds. The fraction of sp³-hybridized carbons (Fsp3) is 0.533. The lowest BCUT2D eigenvalue weighted by atomic mass is 9.84. The summed E-state index contributed by atoms with van der Waals surface area (Å²) in [6, 6.07) is 6.70. The Morgan fingerprint density at radius 2 is 2.00 bits per heavy atom. The van der Waals surface area contributed by atoms with Gasteiger partial charge in [0.1, 0.15) is 5.82 Å². The topological polar surface area (TPSA) is 49.3 Å². The Balaban J connectivity index is 2.27. The molecule has 1 rings (SSSR count). The zero-order chi connectivity index (χ0) is 14.3. The van der Waals surface area contributed by atoms with E-state index in [1.807, 2.05) is 6.07 Å². The van der Waals surface area contributed by atoms with Crippen LogP contribution in [0.1, 0.15) is 38.7 Å². The van der Waals surface area contributed by atoms with Gasteiger partial charge in [0.2, 0.25) is 0 Å². The van der Waals surface area contributed by atoms with Crippen molar-refractivity contribution in [3.63, 3.8) is 0 Å². The van der Waals surface area contributed by atoms with E-state index in [4.69, 9.17) is 5.11 Å². The van der Waals surface area contributed by atoms with Crippen LogP contribution in [0.4, 0.5) is 4.39 Å². The zero-order valence-corrected chi connectivity index (χ0v) is 11.6. The number of carboxylic acids is 1. The Hall–Kier alpha value is -1.42. The van der Waals surface area contributed by atoms with Gasteiger partial charge >= 0.3 is 5.97 Å². The first-order valence-corrected chi connectivity index (χ1v) is 6.57. The number of rotatable bonds is 8. The fourth-order valence-corrected chi connectivity index (χ4v) is 1.86. The van der Waals surface area contributed by atoms with E-state index in [0.717, 1.165) is 13.0 Å². The number of aliphatic carboxylic acids is 1. The lowest BCUT2D eigenvalue weighted by molar-refractivity contribution is -0.137. The van der Waals surface area contributed by atoms with Gasteiger partial charge in [0, 0.05) is 18.5 Å². The van der Waals surface area contributed by atoms with E-state index in [2.05, 4.69) is 19.2 Å². The van der Waals surface area contributed by atoms with Crippen LogP contribution in [-0.4, -0.2) is 17.6 Å². The molecule has 0 spiro atoms. The molecule has 0 aliphatic carbocycles. The predicted molar refractivity (Wildman–Crippen MR) is 73.4 cm³/mol. The zero-order valence-electron chi connectivity index (χ0n) is 11.6. The standard InChI is InChI=1S/C15H22FNO2/c1-15(2,8-7-14(18)19)9-10-17-11-12-5-3-4-6-13(12)16/h3-6,17H,7-11H2,1-2H3,(H,18,19). The molecule has 0 aliphatic rings. The highest BCUT2D eigenvalue weighted by Gasteiger charge is 2.18. The molecule has 2 N–H and O–H groups in total. The first-order valence-electron chi connectivity index (χ1n) is 6.57. The molecule has 0 saturated carbocycles. The summed E-state index contributed by atoms with van der Waals surface area (Å²) in [6.07, 6.45) is 1.72. The molecule has 1 aromatic rings. The molecule has 0 saturated heterocycles. The Bertz CT molecular complexity index is 418. The Kier molecular flexibility index (Phi) is 5.96. The Labute approximate surface area is 113 Å². The minimum Gasteiger partial charge on any atom is -0.481 e. The molecule has 0 aromatic heterocycles. The van der Waals surface area contributed by atoms with Crippen molar-refractivity contribution in [2.24, 2.45) is 5.41 Å². The van der Waals surface area contributed by atoms with Gasteiger partial charge in [-0.15, -0.1) is 0 Å². The highest BCUT2D eigenvalue weighted by Crippen LogP contribution is 2.26. The largest absolute Gasteiger partial charge is 0.481 e. The average Bonchev–Trinajstić information content (AvgIpc) is 2.34. The third-order valence-corrected chi connectivity index (χ3v) is 3.27. The molecule has 3 nitrogen and oxygen atoms in total. The lowest BCUT2D eigenvalue weighted by Crippen LogP contribution is -2.23. The number of halogens is 1. The van der Waals surface area contributed by atoms with Crippen LogP contribution in [0, 0.1) is 11.2 Å². The van der Waals surface area contributed by atoms with Crippen molar-refractivity contribution in [2.75, 3.05) is 6.54 Å². The maximum Gasteiger partial charge on any atom is 0.303 e. The van der Waals surface area contributed by atoms with E-state index in [1.165, 1.54) is 6.07 Å². The second-order valence-corrected chi connectivity index (χ2v) is 5.58. The summed E-state index contributed by atoms with van der Waals surface area (Å²) >= 11 is 0. The Morgan fingerprint density at radius 1 is 1.32 bits per heavy atom. The lowest BCUT2D eigenvalue weighted by Gasteiger charge is -2.23. The molecule has 0 unspecified atom stereocenters. The molecular formula is C15H22FNO2. The molecule has 4 heteroatoms. The van der Waals surface area contributed by atoms with Crippen LogP contribution in [0.25, 0.3) is 0 Å². The molecule has 19 heavy (non-hydrogen) atoms. The summed E-state index contributed by atoms with van der Waals surface area (Å²) in [5.74, 6) is -0.951. The van der Waals surface area contributed by atoms with Crippen molar-refractivity contribution >= 4 is 5.97 Å². The second kappa shape index (κ2) is 7.24. The van der Waals surface area contributed by atoms with Gasteiger partial charge in [0.25, 0.3) is 0 Å². The first kappa shape index (κ1) is 15.6. The van der Waals surface area contributed by atoms with Gasteiger partial charge in [-0.05, 0) is 30.9 Å². The van der Waals surface area contributed by atoms with E-state index in [1.54, 1.807) is 12.1 Å². The van der Waals surface area contributed by atoms with Gasteiger partial charge < -0.3 is 10.4 Å². The van der Waals surface area contributed by atoms with Crippen molar-refractivity contribution in [3.8, 4) is 0 Å². The van der Waals surface area contributed by atoms with Crippen LogP contribution >= 0.6 is 0 Å². The number of hydrogen-bond acceptors (Lipinski definition) is 2. The predicted octanol–water partition coefficient (Wildman–Crippen LogP) is 3.20. The summed E-state index contributed by atoms with van der Waals surface area (Å²) in [5, 5.41) is 11.9. The highest BCUT2D eigenvalue weighted by atomic mass is 19.1. The molecule has 0 radical (unpaired) electrons. The van der Waals surface area contributed by atoms with Crippen LogP contribution in [0.15, 0.2) is 24.3 Å². The molecular weight excluding hydrogens is 245 g/mol. The third-order valence-electron chi connectivity index (χ3n) is 3.27. The van der Waals surface area contributed by atoms with Crippen LogP contribution in [-0.2, 0) is 11.3 Å². The molecule has 0 bridgehead atoms. The molecule has 0 fully saturated rings. The summed E-state index contributed by atoms with van der Waals surface area (Å²) < 4.78 is 13.4. The van der Waals surface area contributed by atoms with Gasteiger partial charge in [-0.3, -0.25) is 4.79 Å². The minimum absolute atomic E-state index is 0.0133. The van der Waals surface area contributed by atoms with E-state index in [-0.39, 0.29) is 17.7 Å². The van der Waals surface area contributed by atoms with Crippen molar-refractivity contribution in [1.29, 1.82) is 0 Å². The average molecular weight is 267 g/mol. The van der Waals surface area contributed by atoms with Crippen LogP contribution in [0.2, 0.25) is 0 Å². The first-order chi connectivity index (χ1) is 8.91. The smallest absolute Gasteiger partial charge is 0.303 e. The van der Waals surface area contributed by atoms with Gasteiger partial charge in [0.05, 0.1) is 0 Å². The maximum absolute atomic E-state index is 13.4. The number of carboxylic acid groups (broad SMARTS) is 1. The molecule has 0 aliphatic heterocycles. The van der Waals surface area contributed by atoms with Crippen LogP contribution in [0.5, 0.6) is 0 Å². The van der Waals surface area contributed by atoms with E-state index < -0.39 is 5.97 Å². The maximum atomic E-state index is 13.4. The van der Waals surface area contributed by atoms with Crippen molar-refractivity contribution < 1.29 is 14.3 Å². The summed E-state index contributed by atoms with van der Waals surface area (Å²) in [5.41, 5.74) is 0.645. The number of benzene rings is 1. The van der Waals surface area contributed by atoms with Crippen molar-refractivity contribution in [3.05, 3.63) is 35.6 Å². The van der Waals surface area contributed by atoms with E-state index in [9.17, 15) is 9.18 Å². The third kappa shape index (κ3) is 6.34.